The number of methoxy groups -OCH3 is 1. The first-order chi connectivity index (χ1) is 17.2. The van der Waals surface area contributed by atoms with Crippen molar-refractivity contribution in [3.63, 3.8) is 0 Å². The number of carboxylic acids is 1. The first kappa shape index (κ1) is 26.8. The summed E-state index contributed by atoms with van der Waals surface area (Å²) < 4.78 is 43.3. The largest absolute Gasteiger partial charge is 0.495 e. The molecule has 4 rings (SSSR count). The molecule has 0 amide bonds. The Bertz CT molecular complexity index is 1340. The van der Waals surface area contributed by atoms with Crippen LogP contribution in [0.4, 0.5) is 13.2 Å². The van der Waals surface area contributed by atoms with Crippen molar-refractivity contribution in [3.05, 3.63) is 60.0 Å². The third kappa shape index (κ3) is 6.04. The third-order valence-electron chi connectivity index (χ3n) is 4.90. The minimum Gasteiger partial charge on any atom is -0.495 e. The van der Waals surface area contributed by atoms with Gasteiger partial charge in [-0.25, -0.2) is 4.79 Å². The molecule has 0 aliphatic heterocycles. The molecule has 0 saturated carbocycles. The number of fused-ring (bicyclic) bond motifs is 1. The summed E-state index contributed by atoms with van der Waals surface area (Å²) in [5.41, 5.74) is 5.29. The maximum absolute atomic E-state index is 10.6. The van der Waals surface area contributed by atoms with Crippen LogP contribution in [0.25, 0.3) is 33.4 Å². The number of para-hydroxylation sites is 1. The number of benzene rings is 1. The van der Waals surface area contributed by atoms with Gasteiger partial charge in [0.2, 0.25) is 0 Å². The fraction of sp³-hybridized carbons (Fsp3) is 0.208. The van der Waals surface area contributed by atoms with Gasteiger partial charge in [0, 0.05) is 35.6 Å². The average Bonchev–Trinajstić information content (AvgIpc) is 3.23. The zero-order chi connectivity index (χ0) is 26.3. The Labute approximate surface area is 209 Å². The van der Waals surface area contributed by atoms with E-state index in [2.05, 4.69) is 20.3 Å². The lowest BCUT2D eigenvalue weighted by Gasteiger charge is -2.14. The standard InChI is InChI=1S/C22H21ClN4O2.C2HF3O2/c1-24-11-12-29-18-13-25-10-8-14(18)20-19(21-17(27-20)7-4-9-26-21)15-5-3-6-16(23)22(15)28-2;3-2(4,5)1(6)7/h3-10,13,24,27H,11-12H2,1-2H3;(H,6,7). The van der Waals surface area contributed by atoms with Gasteiger partial charge in [0.05, 0.1) is 35.1 Å². The van der Waals surface area contributed by atoms with Crippen molar-refractivity contribution in [2.45, 2.75) is 6.18 Å². The number of likely N-dealkylation sites (N-methyl/N-ethyl adjacent to an activating group) is 1. The van der Waals surface area contributed by atoms with Gasteiger partial charge in [-0.3, -0.25) is 9.97 Å². The summed E-state index contributed by atoms with van der Waals surface area (Å²) in [6.45, 7) is 1.26. The predicted molar refractivity (Wildman–Crippen MR) is 129 cm³/mol. The monoisotopic (exact) mass is 522 g/mol. The Morgan fingerprint density at radius 1 is 1.17 bits per heavy atom. The van der Waals surface area contributed by atoms with Crippen molar-refractivity contribution in [2.24, 2.45) is 0 Å². The van der Waals surface area contributed by atoms with E-state index in [0.29, 0.717) is 23.1 Å². The fourth-order valence-electron chi connectivity index (χ4n) is 3.36. The predicted octanol–water partition coefficient (Wildman–Crippen LogP) is 5.19. The number of hydrogen-bond acceptors (Lipinski definition) is 6. The van der Waals surface area contributed by atoms with Gasteiger partial charge >= 0.3 is 12.1 Å². The average molecular weight is 523 g/mol. The van der Waals surface area contributed by atoms with Crippen LogP contribution in [0, 0.1) is 0 Å². The molecule has 190 valence electrons. The Kier molecular flexibility index (Phi) is 8.73. The molecule has 0 aliphatic carbocycles. The van der Waals surface area contributed by atoms with E-state index in [1.54, 1.807) is 25.7 Å². The molecule has 12 heteroatoms. The lowest BCUT2D eigenvalue weighted by molar-refractivity contribution is -0.192. The van der Waals surface area contributed by atoms with Crippen LogP contribution in [-0.2, 0) is 4.79 Å². The second-order valence-electron chi connectivity index (χ2n) is 7.22. The van der Waals surface area contributed by atoms with Crippen LogP contribution in [0.2, 0.25) is 5.02 Å². The van der Waals surface area contributed by atoms with E-state index in [9.17, 15) is 13.2 Å². The number of halogens is 4. The van der Waals surface area contributed by atoms with Gasteiger partial charge in [0.25, 0.3) is 0 Å². The lowest BCUT2D eigenvalue weighted by atomic mass is 9.99. The number of hydrogen-bond donors (Lipinski definition) is 3. The molecule has 1 aromatic carbocycles. The number of aliphatic carboxylic acids is 1. The van der Waals surface area contributed by atoms with Crippen LogP contribution in [0.3, 0.4) is 0 Å². The van der Waals surface area contributed by atoms with Gasteiger partial charge in [-0.1, -0.05) is 23.7 Å². The fourth-order valence-corrected chi connectivity index (χ4v) is 3.61. The zero-order valence-electron chi connectivity index (χ0n) is 19.2. The second kappa shape index (κ2) is 11.7. The second-order valence-corrected chi connectivity index (χ2v) is 7.63. The van der Waals surface area contributed by atoms with Gasteiger partial charge in [-0.15, -0.1) is 0 Å². The van der Waals surface area contributed by atoms with Crippen molar-refractivity contribution < 1.29 is 32.5 Å². The number of aromatic amines is 1. The number of nitrogens with one attached hydrogen (secondary N) is 2. The summed E-state index contributed by atoms with van der Waals surface area (Å²) in [5.74, 6) is -1.46. The molecule has 0 atom stereocenters. The normalized spacial score (nSPS) is 11.1. The molecule has 0 unspecified atom stereocenters. The van der Waals surface area contributed by atoms with Gasteiger partial charge in [-0.2, -0.15) is 13.2 Å². The molecular formula is C24H22ClF3N4O4. The van der Waals surface area contributed by atoms with Crippen molar-refractivity contribution in [2.75, 3.05) is 27.3 Å². The van der Waals surface area contributed by atoms with Gasteiger partial charge < -0.3 is 24.9 Å². The van der Waals surface area contributed by atoms with Crippen LogP contribution in [-0.4, -0.2) is 59.5 Å². The molecule has 4 aromatic rings. The number of aromatic nitrogens is 3. The van der Waals surface area contributed by atoms with E-state index in [4.69, 9.17) is 31.0 Å². The van der Waals surface area contributed by atoms with Crippen LogP contribution < -0.4 is 14.8 Å². The van der Waals surface area contributed by atoms with E-state index in [0.717, 1.165) is 40.0 Å². The Balaban J connectivity index is 0.000000454. The molecule has 0 saturated heterocycles. The Morgan fingerprint density at radius 2 is 1.92 bits per heavy atom. The number of pyridine rings is 2. The van der Waals surface area contributed by atoms with Crippen LogP contribution in [0.15, 0.2) is 55.0 Å². The zero-order valence-corrected chi connectivity index (χ0v) is 19.9. The quantitative estimate of drug-likeness (QED) is 0.287. The number of alkyl halides is 3. The summed E-state index contributed by atoms with van der Waals surface area (Å²) >= 11 is 6.41. The highest BCUT2D eigenvalue weighted by molar-refractivity contribution is 6.32. The molecule has 0 fully saturated rings. The summed E-state index contributed by atoms with van der Waals surface area (Å²) in [4.78, 5) is 21.2. The molecule has 0 bridgehead atoms. The smallest absolute Gasteiger partial charge is 0.490 e. The van der Waals surface area contributed by atoms with Crippen molar-refractivity contribution >= 4 is 28.6 Å². The number of carboxylic acid groups (broad SMARTS) is 1. The van der Waals surface area contributed by atoms with Gasteiger partial charge in [-0.05, 0) is 31.3 Å². The van der Waals surface area contributed by atoms with Crippen LogP contribution >= 0.6 is 11.6 Å². The summed E-state index contributed by atoms with van der Waals surface area (Å²) in [6, 6.07) is 11.5. The highest BCUT2D eigenvalue weighted by atomic mass is 35.5. The van der Waals surface area contributed by atoms with E-state index >= 15 is 0 Å². The number of nitrogens with zero attached hydrogens (tertiary/aromatic N) is 2. The molecule has 36 heavy (non-hydrogen) atoms. The number of carbonyl (C=O) groups is 1. The van der Waals surface area contributed by atoms with Crippen LogP contribution in [0.1, 0.15) is 0 Å². The van der Waals surface area contributed by atoms with Crippen molar-refractivity contribution in [3.8, 4) is 33.9 Å². The lowest BCUT2D eigenvalue weighted by Crippen LogP contribution is -2.21. The molecule has 8 nitrogen and oxygen atoms in total. The molecule has 3 N–H and O–H groups in total. The minimum atomic E-state index is -5.08. The van der Waals surface area contributed by atoms with Gasteiger partial charge in [0.1, 0.15) is 18.1 Å². The molecule has 3 heterocycles. The Hall–Kier alpha value is -3.83. The molecule has 0 spiro atoms. The molecule has 0 aliphatic rings. The van der Waals surface area contributed by atoms with E-state index in [1.165, 1.54) is 0 Å². The van der Waals surface area contributed by atoms with Crippen molar-refractivity contribution in [1.29, 1.82) is 0 Å². The molecule has 3 aromatic heterocycles. The highest BCUT2D eigenvalue weighted by Gasteiger charge is 2.38. The summed E-state index contributed by atoms with van der Waals surface area (Å²) in [6.07, 6.45) is 0.165. The maximum atomic E-state index is 10.6. The van der Waals surface area contributed by atoms with Crippen molar-refractivity contribution in [1.82, 2.24) is 20.3 Å². The van der Waals surface area contributed by atoms with E-state index in [-0.39, 0.29) is 0 Å². The van der Waals surface area contributed by atoms with E-state index < -0.39 is 12.1 Å². The van der Waals surface area contributed by atoms with Crippen LogP contribution in [0.5, 0.6) is 11.5 Å². The summed E-state index contributed by atoms with van der Waals surface area (Å²) in [5, 5.41) is 10.8. The first-order valence-corrected chi connectivity index (χ1v) is 10.9. The molecule has 0 radical (unpaired) electrons. The van der Waals surface area contributed by atoms with Gasteiger partial charge in [0.15, 0.2) is 0 Å². The first-order valence-electron chi connectivity index (χ1n) is 10.5. The maximum Gasteiger partial charge on any atom is 0.490 e. The van der Waals surface area contributed by atoms with E-state index in [1.807, 2.05) is 43.4 Å². The molecular weight excluding hydrogens is 501 g/mol. The third-order valence-corrected chi connectivity index (χ3v) is 5.20. The Morgan fingerprint density at radius 3 is 2.58 bits per heavy atom. The number of H-pyrrole nitrogens is 1. The SMILES string of the molecule is CNCCOc1cnccc1-c1[nH]c2cccnc2c1-c1cccc(Cl)c1OC.O=C(O)C(F)(F)F. The highest BCUT2D eigenvalue weighted by Crippen LogP contribution is 2.45. The summed E-state index contributed by atoms with van der Waals surface area (Å²) in [7, 11) is 3.51. The topological polar surface area (TPSA) is 109 Å². The number of ether oxygens (including phenoxy) is 2. The minimum absolute atomic E-state index is 0.531. The number of rotatable bonds is 7.